The van der Waals surface area contributed by atoms with Crippen molar-refractivity contribution in [2.45, 2.75) is 57.6 Å². The standard InChI is InChI=1S/C24H33N5O/c1-4-14-25-22-20(27-21(28-22)18-10-12-24(2,30)13-11-18)23-26-19(16-29(23)3)15-17-8-6-5-7-9-17/h5-10,19,25,30H,4,11-16H2,1-3H3,(H,27,28)/t19-,24?/m1/s1. The van der Waals surface area contributed by atoms with Crippen LogP contribution in [0.1, 0.15) is 56.6 Å². The van der Waals surface area contributed by atoms with Crippen LogP contribution in [0, 0.1) is 0 Å². The van der Waals surface area contributed by atoms with E-state index in [1.165, 1.54) is 11.1 Å². The Morgan fingerprint density at radius 2 is 2.10 bits per heavy atom. The van der Waals surface area contributed by atoms with Crippen molar-refractivity contribution in [2.75, 3.05) is 25.5 Å². The Bertz CT molecular complexity index is 928. The molecule has 1 unspecified atom stereocenters. The van der Waals surface area contributed by atoms with Crippen LogP contribution in [0.25, 0.3) is 5.57 Å². The largest absolute Gasteiger partial charge is 0.390 e. The number of H-pyrrole nitrogens is 1. The van der Waals surface area contributed by atoms with Crippen molar-refractivity contribution in [3.8, 4) is 0 Å². The van der Waals surface area contributed by atoms with Gasteiger partial charge in [0.15, 0.2) is 11.7 Å². The van der Waals surface area contributed by atoms with Crippen LogP contribution in [0.5, 0.6) is 0 Å². The highest BCUT2D eigenvalue weighted by molar-refractivity contribution is 6.02. The summed E-state index contributed by atoms with van der Waals surface area (Å²) < 4.78 is 0. The molecule has 2 atom stereocenters. The molecule has 1 aromatic heterocycles. The van der Waals surface area contributed by atoms with Crippen LogP contribution < -0.4 is 5.32 Å². The van der Waals surface area contributed by atoms with Crippen LogP contribution >= 0.6 is 0 Å². The van der Waals surface area contributed by atoms with Gasteiger partial charge < -0.3 is 20.3 Å². The van der Waals surface area contributed by atoms with Gasteiger partial charge in [-0.1, -0.05) is 43.3 Å². The van der Waals surface area contributed by atoms with Gasteiger partial charge in [-0.05, 0) is 50.2 Å². The Kier molecular flexibility index (Phi) is 5.95. The fraction of sp³-hybridized carbons (Fsp3) is 0.500. The number of anilines is 1. The van der Waals surface area contributed by atoms with Crippen LogP contribution in [0.15, 0.2) is 41.4 Å². The van der Waals surface area contributed by atoms with Crippen molar-refractivity contribution >= 4 is 17.2 Å². The molecule has 30 heavy (non-hydrogen) atoms. The minimum atomic E-state index is -0.609. The number of likely N-dealkylation sites (N-methyl/N-ethyl adjacent to an activating group) is 1. The number of imidazole rings is 1. The quantitative estimate of drug-likeness (QED) is 0.652. The number of benzene rings is 1. The number of allylic oxidation sites excluding steroid dienone is 1. The maximum atomic E-state index is 10.3. The molecule has 1 aliphatic heterocycles. The molecule has 0 amide bonds. The Morgan fingerprint density at radius 1 is 1.30 bits per heavy atom. The molecular weight excluding hydrogens is 374 g/mol. The Morgan fingerprint density at radius 3 is 2.80 bits per heavy atom. The third kappa shape index (κ3) is 4.59. The van der Waals surface area contributed by atoms with Gasteiger partial charge in [0.05, 0.1) is 11.6 Å². The van der Waals surface area contributed by atoms with Crippen LogP contribution in [0.2, 0.25) is 0 Å². The van der Waals surface area contributed by atoms with E-state index in [1.807, 2.05) is 6.92 Å². The van der Waals surface area contributed by atoms with E-state index >= 15 is 0 Å². The van der Waals surface area contributed by atoms with Gasteiger partial charge in [0.1, 0.15) is 11.5 Å². The summed E-state index contributed by atoms with van der Waals surface area (Å²) >= 11 is 0. The molecule has 6 nitrogen and oxygen atoms in total. The predicted molar refractivity (Wildman–Crippen MR) is 123 cm³/mol. The summed E-state index contributed by atoms with van der Waals surface area (Å²) in [6, 6.07) is 10.8. The molecule has 2 aromatic rings. The average Bonchev–Trinajstić information content (AvgIpc) is 3.30. The molecule has 6 heteroatoms. The van der Waals surface area contributed by atoms with Crippen molar-refractivity contribution in [1.82, 2.24) is 14.9 Å². The number of aromatic amines is 1. The molecule has 0 fully saturated rings. The maximum Gasteiger partial charge on any atom is 0.156 e. The predicted octanol–water partition coefficient (Wildman–Crippen LogP) is 3.85. The van der Waals surface area contributed by atoms with E-state index in [1.54, 1.807) is 0 Å². The zero-order valence-corrected chi connectivity index (χ0v) is 18.3. The van der Waals surface area contributed by atoms with Gasteiger partial charge in [-0.15, -0.1) is 0 Å². The van der Waals surface area contributed by atoms with Gasteiger partial charge in [0.2, 0.25) is 0 Å². The maximum absolute atomic E-state index is 10.3. The van der Waals surface area contributed by atoms with Gasteiger partial charge in [-0.25, -0.2) is 4.98 Å². The smallest absolute Gasteiger partial charge is 0.156 e. The molecule has 2 aliphatic rings. The van der Waals surface area contributed by atoms with Gasteiger partial charge in [0.25, 0.3) is 0 Å². The lowest BCUT2D eigenvalue weighted by atomic mass is 9.87. The van der Waals surface area contributed by atoms with E-state index < -0.39 is 5.60 Å². The second-order valence-corrected chi connectivity index (χ2v) is 8.84. The summed E-state index contributed by atoms with van der Waals surface area (Å²) in [4.78, 5) is 15.7. The van der Waals surface area contributed by atoms with Gasteiger partial charge in [-0.3, -0.25) is 4.99 Å². The van der Waals surface area contributed by atoms with Crippen LogP contribution in [0.3, 0.4) is 0 Å². The van der Waals surface area contributed by atoms with Crippen LogP contribution in [-0.2, 0) is 6.42 Å². The van der Waals surface area contributed by atoms with Crippen molar-refractivity contribution < 1.29 is 5.11 Å². The van der Waals surface area contributed by atoms with Gasteiger partial charge in [-0.2, -0.15) is 0 Å². The lowest BCUT2D eigenvalue weighted by molar-refractivity contribution is 0.0523. The number of nitrogens with zero attached hydrogens (tertiary/aromatic N) is 3. The molecule has 0 bridgehead atoms. The summed E-state index contributed by atoms with van der Waals surface area (Å²) in [6.07, 6.45) is 6.34. The Balaban J connectivity index is 1.61. The first-order valence-corrected chi connectivity index (χ1v) is 11.0. The normalized spacial score (nSPS) is 24.0. The first kappa shape index (κ1) is 20.7. The zero-order chi connectivity index (χ0) is 21.1. The molecule has 0 saturated heterocycles. The molecule has 0 radical (unpaired) electrons. The highest BCUT2D eigenvalue weighted by Crippen LogP contribution is 2.33. The third-order valence-corrected chi connectivity index (χ3v) is 5.96. The third-order valence-electron chi connectivity index (χ3n) is 5.96. The number of aromatic nitrogens is 2. The number of aliphatic hydroxyl groups is 1. The minimum Gasteiger partial charge on any atom is -0.390 e. The Hall–Kier alpha value is -2.60. The summed E-state index contributed by atoms with van der Waals surface area (Å²) in [5.41, 5.74) is 2.85. The molecule has 160 valence electrons. The summed E-state index contributed by atoms with van der Waals surface area (Å²) in [5.74, 6) is 2.73. The van der Waals surface area contributed by atoms with Crippen molar-refractivity contribution in [2.24, 2.45) is 4.99 Å². The summed E-state index contributed by atoms with van der Waals surface area (Å²) in [5, 5.41) is 13.7. The van der Waals surface area contributed by atoms with E-state index in [2.05, 4.69) is 65.6 Å². The molecule has 1 aliphatic carbocycles. The highest BCUT2D eigenvalue weighted by atomic mass is 16.3. The lowest BCUT2D eigenvalue weighted by Gasteiger charge is -2.26. The van der Waals surface area contributed by atoms with Crippen molar-refractivity contribution in [1.29, 1.82) is 0 Å². The molecule has 0 saturated carbocycles. The van der Waals surface area contributed by atoms with Crippen molar-refractivity contribution in [3.63, 3.8) is 0 Å². The number of hydrogen-bond donors (Lipinski definition) is 3. The van der Waals surface area contributed by atoms with Crippen LogP contribution in [-0.4, -0.2) is 57.6 Å². The van der Waals surface area contributed by atoms with E-state index in [-0.39, 0.29) is 6.04 Å². The summed E-state index contributed by atoms with van der Waals surface area (Å²) in [6.45, 7) is 5.82. The van der Waals surface area contributed by atoms with E-state index in [9.17, 15) is 5.11 Å². The number of hydrogen-bond acceptors (Lipinski definition) is 5. The Labute approximate surface area is 179 Å². The molecule has 4 rings (SSSR count). The number of rotatable bonds is 7. The van der Waals surface area contributed by atoms with E-state index in [4.69, 9.17) is 9.98 Å². The summed E-state index contributed by atoms with van der Waals surface area (Å²) in [7, 11) is 2.10. The van der Waals surface area contributed by atoms with E-state index in [0.29, 0.717) is 6.42 Å². The second-order valence-electron chi connectivity index (χ2n) is 8.84. The first-order valence-electron chi connectivity index (χ1n) is 11.0. The van der Waals surface area contributed by atoms with Crippen LogP contribution in [0.4, 0.5) is 5.82 Å². The van der Waals surface area contributed by atoms with Gasteiger partial charge in [0, 0.05) is 20.1 Å². The number of nitrogens with one attached hydrogen (secondary N) is 2. The molecule has 2 heterocycles. The van der Waals surface area contributed by atoms with E-state index in [0.717, 1.165) is 61.9 Å². The fourth-order valence-electron chi connectivity index (χ4n) is 4.19. The topological polar surface area (TPSA) is 76.5 Å². The highest BCUT2D eigenvalue weighted by Gasteiger charge is 2.29. The number of aliphatic imine (C=N–C) groups is 1. The molecular formula is C24H33N5O. The second kappa shape index (κ2) is 8.64. The zero-order valence-electron chi connectivity index (χ0n) is 18.3. The van der Waals surface area contributed by atoms with Crippen molar-refractivity contribution in [3.05, 3.63) is 53.5 Å². The molecule has 3 N–H and O–H groups in total. The first-order chi connectivity index (χ1) is 14.4. The monoisotopic (exact) mass is 407 g/mol. The SMILES string of the molecule is CCCNc1nc(C2=CCC(C)(O)CC2)[nH]c1C1=N[C@H](Cc2ccccc2)CN1C. The molecule has 1 aromatic carbocycles. The minimum absolute atomic E-state index is 0.238. The fourth-order valence-corrected chi connectivity index (χ4v) is 4.19. The van der Waals surface area contributed by atoms with Gasteiger partial charge >= 0.3 is 0 Å². The number of amidine groups is 1. The average molecular weight is 408 g/mol. The molecule has 0 spiro atoms. The lowest BCUT2D eigenvalue weighted by Crippen LogP contribution is -2.27.